The first kappa shape index (κ1) is 17.5. The number of methoxy groups -OCH3 is 1. The van der Waals surface area contributed by atoms with Crippen LogP contribution in [0.5, 0.6) is 0 Å². The maximum Gasteiger partial charge on any atom is 0.239 e. The van der Waals surface area contributed by atoms with Gasteiger partial charge >= 0.3 is 0 Å². The standard InChI is InChI=1S/C15H21ClN2O3/c1-12(19)18(11-15(20)17-7-9-21-2)8-6-13-4-3-5-14(16)10-13/h3-5,10H,6-9,11H2,1-2H3,(H,17,20). The Kier molecular flexibility index (Phi) is 7.79. The molecule has 2 amide bonds. The normalized spacial score (nSPS) is 10.2. The minimum absolute atomic E-state index is 0.0552. The van der Waals surface area contributed by atoms with Gasteiger partial charge in [0.2, 0.25) is 11.8 Å². The van der Waals surface area contributed by atoms with Crippen LogP contribution in [0.2, 0.25) is 5.02 Å². The van der Waals surface area contributed by atoms with Gasteiger partial charge in [-0.05, 0) is 24.1 Å². The lowest BCUT2D eigenvalue weighted by atomic mass is 10.1. The molecule has 0 bridgehead atoms. The van der Waals surface area contributed by atoms with E-state index in [9.17, 15) is 9.59 Å². The summed E-state index contributed by atoms with van der Waals surface area (Å²) in [5, 5.41) is 3.36. The number of rotatable bonds is 8. The Hall–Kier alpha value is -1.59. The van der Waals surface area contributed by atoms with Crippen LogP contribution < -0.4 is 5.32 Å². The maximum atomic E-state index is 11.7. The number of hydrogen-bond acceptors (Lipinski definition) is 3. The van der Waals surface area contributed by atoms with Crippen LogP contribution in [0.15, 0.2) is 24.3 Å². The molecule has 0 aromatic heterocycles. The van der Waals surface area contributed by atoms with Crippen molar-refractivity contribution in [2.24, 2.45) is 0 Å². The second-order valence-corrected chi connectivity index (χ2v) is 5.10. The molecule has 21 heavy (non-hydrogen) atoms. The maximum absolute atomic E-state index is 11.7. The number of carbonyl (C=O) groups is 2. The fraction of sp³-hybridized carbons (Fsp3) is 0.467. The number of nitrogens with one attached hydrogen (secondary N) is 1. The van der Waals surface area contributed by atoms with Crippen LogP contribution in [0.4, 0.5) is 0 Å². The molecule has 0 heterocycles. The summed E-state index contributed by atoms with van der Waals surface area (Å²) in [4.78, 5) is 24.8. The van der Waals surface area contributed by atoms with Crippen molar-refractivity contribution in [1.29, 1.82) is 0 Å². The number of hydrogen-bond donors (Lipinski definition) is 1. The van der Waals surface area contributed by atoms with Crippen molar-refractivity contribution in [3.63, 3.8) is 0 Å². The van der Waals surface area contributed by atoms with E-state index in [1.807, 2.05) is 18.2 Å². The Morgan fingerprint density at radius 2 is 2.14 bits per heavy atom. The zero-order valence-corrected chi connectivity index (χ0v) is 13.2. The van der Waals surface area contributed by atoms with Gasteiger partial charge in [0.05, 0.1) is 13.2 Å². The largest absolute Gasteiger partial charge is 0.383 e. The van der Waals surface area contributed by atoms with Crippen molar-refractivity contribution in [3.8, 4) is 0 Å². The van der Waals surface area contributed by atoms with E-state index in [0.717, 1.165) is 5.56 Å². The Labute approximate surface area is 130 Å². The third kappa shape index (κ3) is 7.11. The van der Waals surface area contributed by atoms with Crippen molar-refractivity contribution in [2.75, 3.05) is 33.4 Å². The predicted molar refractivity (Wildman–Crippen MR) is 82.3 cm³/mol. The van der Waals surface area contributed by atoms with Crippen LogP contribution in [0, 0.1) is 0 Å². The highest BCUT2D eigenvalue weighted by Crippen LogP contribution is 2.11. The second kappa shape index (κ2) is 9.37. The summed E-state index contributed by atoms with van der Waals surface area (Å²) in [6.45, 7) is 2.89. The first-order chi connectivity index (χ1) is 10.0. The van der Waals surface area contributed by atoms with Crippen molar-refractivity contribution < 1.29 is 14.3 Å². The van der Waals surface area contributed by atoms with Crippen LogP contribution in [0.1, 0.15) is 12.5 Å². The molecule has 116 valence electrons. The molecule has 0 fully saturated rings. The van der Waals surface area contributed by atoms with Gasteiger partial charge in [-0.15, -0.1) is 0 Å². The van der Waals surface area contributed by atoms with Crippen molar-refractivity contribution in [3.05, 3.63) is 34.9 Å². The number of nitrogens with zero attached hydrogens (tertiary/aromatic N) is 1. The van der Waals surface area contributed by atoms with Crippen LogP contribution in [-0.2, 0) is 20.7 Å². The molecule has 1 N–H and O–H groups in total. The smallest absolute Gasteiger partial charge is 0.239 e. The van der Waals surface area contributed by atoms with E-state index in [2.05, 4.69) is 5.32 Å². The summed E-state index contributed by atoms with van der Waals surface area (Å²) < 4.78 is 4.85. The summed E-state index contributed by atoms with van der Waals surface area (Å²) in [6, 6.07) is 7.48. The van der Waals surface area contributed by atoms with E-state index < -0.39 is 0 Å². The fourth-order valence-electron chi connectivity index (χ4n) is 1.83. The van der Waals surface area contributed by atoms with Gasteiger partial charge in [0.25, 0.3) is 0 Å². The molecular weight excluding hydrogens is 292 g/mol. The van der Waals surface area contributed by atoms with Gasteiger partial charge in [0, 0.05) is 32.1 Å². The van der Waals surface area contributed by atoms with Gasteiger partial charge in [-0.3, -0.25) is 9.59 Å². The third-order valence-corrected chi connectivity index (χ3v) is 3.20. The third-order valence-electron chi connectivity index (χ3n) is 2.97. The van der Waals surface area contributed by atoms with Gasteiger partial charge < -0.3 is 15.0 Å². The zero-order chi connectivity index (χ0) is 15.7. The van der Waals surface area contributed by atoms with Gasteiger partial charge in [-0.25, -0.2) is 0 Å². The first-order valence-electron chi connectivity index (χ1n) is 6.78. The average molecular weight is 313 g/mol. The zero-order valence-electron chi connectivity index (χ0n) is 12.4. The van der Waals surface area contributed by atoms with Crippen molar-refractivity contribution >= 4 is 23.4 Å². The highest BCUT2D eigenvalue weighted by Gasteiger charge is 2.13. The molecule has 0 aliphatic heterocycles. The summed E-state index contributed by atoms with van der Waals surface area (Å²) in [5.41, 5.74) is 1.04. The molecule has 0 aliphatic rings. The van der Waals surface area contributed by atoms with Gasteiger partial charge in [-0.2, -0.15) is 0 Å². The van der Waals surface area contributed by atoms with Gasteiger partial charge in [-0.1, -0.05) is 23.7 Å². The molecule has 5 nitrogen and oxygen atoms in total. The highest BCUT2D eigenvalue weighted by atomic mass is 35.5. The van der Waals surface area contributed by atoms with E-state index in [4.69, 9.17) is 16.3 Å². The predicted octanol–water partition coefficient (Wildman–Crippen LogP) is 1.49. The van der Waals surface area contributed by atoms with E-state index in [0.29, 0.717) is 31.1 Å². The Balaban J connectivity index is 2.46. The van der Waals surface area contributed by atoms with E-state index >= 15 is 0 Å². The first-order valence-corrected chi connectivity index (χ1v) is 7.16. The van der Waals surface area contributed by atoms with Crippen molar-refractivity contribution in [2.45, 2.75) is 13.3 Å². The molecule has 0 radical (unpaired) electrons. The lowest BCUT2D eigenvalue weighted by molar-refractivity contribution is -0.134. The topological polar surface area (TPSA) is 58.6 Å². The number of amides is 2. The molecule has 0 aliphatic carbocycles. The molecule has 0 unspecified atom stereocenters. The van der Waals surface area contributed by atoms with Crippen LogP contribution >= 0.6 is 11.6 Å². The van der Waals surface area contributed by atoms with Crippen LogP contribution in [-0.4, -0.2) is 50.1 Å². The molecule has 1 rings (SSSR count). The molecule has 0 atom stereocenters. The molecule has 0 spiro atoms. The fourth-order valence-corrected chi connectivity index (χ4v) is 2.04. The Bertz CT molecular complexity index is 480. The minimum atomic E-state index is -0.187. The second-order valence-electron chi connectivity index (χ2n) is 4.66. The minimum Gasteiger partial charge on any atom is -0.383 e. The Morgan fingerprint density at radius 3 is 2.76 bits per heavy atom. The van der Waals surface area contributed by atoms with Crippen LogP contribution in [0.25, 0.3) is 0 Å². The molecule has 0 saturated heterocycles. The average Bonchev–Trinajstić information content (AvgIpc) is 2.43. The number of halogens is 1. The molecular formula is C15H21ClN2O3. The quantitative estimate of drug-likeness (QED) is 0.740. The molecule has 0 saturated carbocycles. The summed E-state index contributed by atoms with van der Waals surface area (Å²) in [6.07, 6.45) is 0.658. The summed E-state index contributed by atoms with van der Waals surface area (Å²) in [7, 11) is 1.57. The molecule has 1 aromatic rings. The highest BCUT2D eigenvalue weighted by molar-refractivity contribution is 6.30. The van der Waals surface area contributed by atoms with Crippen molar-refractivity contribution in [1.82, 2.24) is 10.2 Å². The SMILES string of the molecule is COCCNC(=O)CN(CCc1cccc(Cl)c1)C(C)=O. The van der Waals surface area contributed by atoms with Gasteiger partial charge in [0.15, 0.2) is 0 Å². The van der Waals surface area contributed by atoms with E-state index in [-0.39, 0.29) is 18.4 Å². The lowest BCUT2D eigenvalue weighted by Crippen LogP contribution is -2.41. The Morgan fingerprint density at radius 1 is 1.38 bits per heavy atom. The number of carbonyl (C=O) groups excluding carboxylic acids is 2. The number of benzene rings is 1. The molecule has 6 heteroatoms. The van der Waals surface area contributed by atoms with E-state index in [1.165, 1.54) is 11.8 Å². The molecule has 1 aromatic carbocycles. The van der Waals surface area contributed by atoms with Gasteiger partial charge in [0.1, 0.15) is 0 Å². The van der Waals surface area contributed by atoms with E-state index in [1.54, 1.807) is 13.2 Å². The van der Waals surface area contributed by atoms with Crippen LogP contribution in [0.3, 0.4) is 0 Å². The summed E-state index contributed by atoms with van der Waals surface area (Å²) in [5.74, 6) is -0.313. The lowest BCUT2D eigenvalue weighted by Gasteiger charge is -2.20. The summed E-state index contributed by atoms with van der Waals surface area (Å²) >= 11 is 5.92. The number of ether oxygens (including phenoxy) is 1. The monoisotopic (exact) mass is 312 g/mol.